The van der Waals surface area contributed by atoms with Crippen LogP contribution in [0.1, 0.15) is 10.4 Å². The van der Waals surface area contributed by atoms with E-state index in [0.717, 1.165) is 11.1 Å². The number of amides is 1. The molecule has 5 nitrogen and oxygen atoms in total. The number of nitrogens with one attached hydrogen (secondary N) is 2. The van der Waals surface area contributed by atoms with Crippen LogP contribution in [0.2, 0.25) is 5.02 Å². The molecule has 2 N–H and O–H groups in total. The molecule has 112 valence electrons. The molecule has 1 heterocycles. The Hall–Kier alpha value is -2.53. The van der Waals surface area contributed by atoms with Crippen molar-refractivity contribution in [3.05, 3.63) is 53.2 Å². The second kappa shape index (κ2) is 5.69. The van der Waals surface area contributed by atoms with Crippen LogP contribution in [0.25, 0.3) is 10.9 Å². The van der Waals surface area contributed by atoms with E-state index in [4.69, 9.17) is 11.6 Å². The molecule has 0 saturated carbocycles. The SMILES string of the molecule is CN(C)c1c(Cl)cccc1NC(=O)c1cccc2cn[nH]c12. The Morgan fingerprint density at radius 3 is 2.77 bits per heavy atom. The number of hydrogen-bond donors (Lipinski definition) is 2. The van der Waals surface area contributed by atoms with Crippen molar-refractivity contribution in [2.45, 2.75) is 0 Å². The van der Waals surface area contributed by atoms with Gasteiger partial charge in [-0.25, -0.2) is 0 Å². The van der Waals surface area contributed by atoms with E-state index in [2.05, 4.69) is 15.5 Å². The molecule has 6 heteroatoms. The van der Waals surface area contributed by atoms with E-state index in [9.17, 15) is 4.79 Å². The number of benzene rings is 2. The van der Waals surface area contributed by atoms with Crippen molar-refractivity contribution in [1.29, 1.82) is 0 Å². The van der Waals surface area contributed by atoms with Gasteiger partial charge in [-0.1, -0.05) is 29.8 Å². The summed E-state index contributed by atoms with van der Waals surface area (Å²) in [6.45, 7) is 0. The summed E-state index contributed by atoms with van der Waals surface area (Å²) in [5.74, 6) is -0.208. The van der Waals surface area contributed by atoms with Gasteiger partial charge < -0.3 is 10.2 Å². The quantitative estimate of drug-likeness (QED) is 0.777. The van der Waals surface area contributed by atoms with Crippen molar-refractivity contribution in [2.24, 2.45) is 0 Å². The van der Waals surface area contributed by atoms with Crippen LogP contribution < -0.4 is 10.2 Å². The monoisotopic (exact) mass is 314 g/mol. The lowest BCUT2D eigenvalue weighted by atomic mass is 10.1. The lowest BCUT2D eigenvalue weighted by Crippen LogP contribution is -2.17. The summed E-state index contributed by atoms with van der Waals surface area (Å²) in [7, 11) is 3.76. The second-order valence-corrected chi connectivity index (χ2v) is 5.53. The number of aromatic amines is 1. The predicted octanol–water partition coefficient (Wildman–Crippen LogP) is 3.53. The van der Waals surface area contributed by atoms with Crippen LogP contribution in [0.15, 0.2) is 42.6 Å². The molecular weight excluding hydrogens is 300 g/mol. The Labute approximate surface area is 132 Å². The van der Waals surface area contributed by atoms with E-state index >= 15 is 0 Å². The molecule has 22 heavy (non-hydrogen) atoms. The molecule has 3 rings (SSSR count). The third kappa shape index (κ3) is 2.51. The number of carbonyl (C=O) groups is 1. The topological polar surface area (TPSA) is 61.0 Å². The average molecular weight is 315 g/mol. The lowest BCUT2D eigenvalue weighted by molar-refractivity contribution is 0.102. The molecule has 3 aromatic rings. The Morgan fingerprint density at radius 1 is 1.23 bits per heavy atom. The minimum Gasteiger partial charge on any atom is -0.375 e. The maximum atomic E-state index is 12.6. The fraction of sp³-hybridized carbons (Fsp3) is 0.125. The summed E-state index contributed by atoms with van der Waals surface area (Å²) < 4.78 is 0. The number of fused-ring (bicyclic) bond motifs is 1. The first-order valence-electron chi connectivity index (χ1n) is 6.77. The highest BCUT2D eigenvalue weighted by Crippen LogP contribution is 2.33. The van der Waals surface area contributed by atoms with Gasteiger partial charge in [0.1, 0.15) is 0 Å². The largest absolute Gasteiger partial charge is 0.375 e. The summed E-state index contributed by atoms with van der Waals surface area (Å²) in [6.07, 6.45) is 1.69. The van der Waals surface area contributed by atoms with Crippen molar-refractivity contribution >= 4 is 39.8 Å². The number of anilines is 2. The third-order valence-corrected chi connectivity index (χ3v) is 3.71. The van der Waals surface area contributed by atoms with Crippen LogP contribution in [0, 0.1) is 0 Å². The number of H-pyrrole nitrogens is 1. The van der Waals surface area contributed by atoms with Crippen LogP contribution in [-0.2, 0) is 0 Å². The van der Waals surface area contributed by atoms with E-state index in [1.165, 1.54) is 0 Å². The number of nitrogens with zero attached hydrogens (tertiary/aromatic N) is 2. The Balaban J connectivity index is 1.99. The minimum absolute atomic E-state index is 0.208. The van der Waals surface area contributed by atoms with Gasteiger partial charge in [0, 0.05) is 19.5 Å². The number of hydrogen-bond acceptors (Lipinski definition) is 3. The first kappa shape index (κ1) is 14.4. The molecule has 0 aliphatic carbocycles. The van der Waals surface area contributed by atoms with Gasteiger partial charge in [-0.05, 0) is 18.2 Å². The maximum Gasteiger partial charge on any atom is 0.257 e. The van der Waals surface area contributed by atoms with Crippen LogP contribution in [0.3, 0.4) is 0 Å². The standard InChI is InChI=1S/C16H15ClN4O/c1-21(2)15-12(17)7-4-8-13(15)19-16(22)11-6-3-5-10-9-18-20-14(10)11/h3-9H,1-2H3,(H,18,20)(H,19,22). The Morgan fingerprint density at radius 2 is 2.00 bits per heavy atom. The molecule has 0 bridgehead atoms. The number of carbonyl (C=O) groups excluding carboxylic acids is 1. The molecule has 0 spiro atoms. The van der Waals surface area contributed by atoms with E-state index in [-0.39, 0.29) is 5.91 Å². The third-order valence-electron chi connectivity index (χ3n) is 3.40. The average Bonchev–Trinajstić information content (AvgIpc) is 2.95. The first-order chi connectivity index (χ1) is 10.6. The molecule has 2 aromatic carbocycles. The Bertz CT molecular complexity index is 841. The van der Waals surface area contributed by atoms with Gasteiger partial charge in [0.15, 0.2) is 0 Å². The number of rotatable bonds is 3. The normalized spacial score (nSPS) is 10.7. The van der Waals surface area contributed by atoms with Gasteiger partial charge in [0.2, 0.25) is 0 Å². The Kier molecular flexibility index (Phi) is 3.73. The highest BCUT2D eigenvalue weighted by Gasteiger charge is 2.15. The van der Waals surface area contributed by atoms with Crippen molar-refractivity contribution in [2.75, 3.05) is 24.3 Å². The van der Waals surface area contributed by atoms with Crippen LogP contribution in [-0.4, -0.2) is 30.2 Å². The van der Waals surface area contributed by atoms with Gasteiger partial charge >= 0.3 is 0 Å². The smallest absolute Gasteiger partial charge is 0.257 e. The van der Waals surface area contributed by atoms with Gasteiger partial charge in [0.05, 0.1) is 33.7 Å². The summed E-state index contributed by atoms with van der Waals surface area (Å²) in [6, 6.07) is 10.9. The molecular formula is C16H15ClN4O. The molecule has 0 saturated heterocycles. The van der Waals surface area contributed by atoms with E-state index < -0.39 is 0 Å². The van der Waals surface area contributed by atoms with Gasteiger partial charge in [-0.2, -0.15) is 5.10 Å². The first-order valence-corrected chi connectivity index (χ1v) is 7.15. The molecule has 1 aromatic heterocycles. The fourth-order valence-electron chi connectivity index (χ4n) is 2.42. The fourth-order valence-corrected chi connectivity index (χ4v) is 2.76. The maximum absolute atomic E-state index is 12.6. The number of para-hydroxylation sites is 2. The molecule has 0 atom stereocenters. The van der Waals surface area contributed by atoms with Gasteiger partial charge in [-0.3, -0.25) is 9.89 Å². The van der Waals surface area contributed by atoms with Crippen LogP contribution in [0.5, 0.6) is 0 Å². The van der Waals surface area contributed by atoms with Crippen LogP contribution >= 0.6 is 11.6 Å². The highest BCUT2D eigenvalue weighted by atomic mass is 35.5. The van der Waals surface area contributed by atoms with Crippen molar-refractivity contribution in [3.63, 3.8) is 0 Å². The van der Waals surface area contributed by atoms with E-state index in [1.807, 2.05) is 43.3 Å². The number of halogens is 1. The van der Waals surface area contributed by atoms with Crippen molar-refractivity contribution < 1.29 is 4.79 Å². The molecule has 1 amide bonds. The number of aromatic nitrogens is 2. The molecule has 0 radical (unpaired) electrons. The minimum atomic E-state index is -0.208. The van der Waals surface area contributed by atoms with Gasteiger partial charge in [-0.15, -0.1) is 0 Å². The predicted molar refractivity (Wildman–Crippen MR) is 89.8 cm³/mol. The molecule has 0 aliphatic heterocycles. The molecule has 0 aliphatic rings. The van der Waals surface area contributed by atoms with E-state index in [0.29, 0.717) is 21.8 Å². The molecule has 0 unspecified atom stereocenters. The summed E-state index contributed by atoms with van der Waals surface area (Å²) in [5.41, 5.74) is 2.70. The van der Waals surface area contributed by atoms with Crippen molar-refractivity contribution in [1.82, 2.24) is 10.2 Å². The zero-order valence-electron chi connectivity index (χ0n) is 12.2. The van der Waals surface area contributed by atoms with Crippen molar-refractivity contribution in [3.8, 4) is 0 Å². The van der Waals surface area contributed by atoms with E-state index in [1.54, 1.807) is 18.3 Å². The summed E-state index contributed by atoms with van der Waals surface area (Å²) >= 11 is 6.22. The van der Waals surface area contributed by atoms with Gasteiger partial charge in [0.25, 0.3) is 5.91 Å². The highest BCUT2D eigenvalue weighted by molar-refractivity contribution is 6.34. The lowest BCUT2D eigenvalue weighted by Gasteiger charge is -2.19. The zero-order valence-corrected chi connectivity index (χ0v) is 13.0. The summed E-state index contributed by atoms with van der Waals surface area (Å²) in [5, 5.41) is 11.2. The second-order valence-electron chi connectivity index (χ2n) is 5.12. The summed E-state index contributed by atoms with van der Waals surface area (Å²) in [4.78, 5) is 14.5. The van der Waals surface area contributed by atoms with Crippen LogP contribution in [0.4, 0.5) is 11.4 Å². The zero-order chi connectivity index (χ0) is 15.7. The molecule has 0 fully saturated rings.